The smallest absolute Gasteiger partial charge is 0.253 e. The maximum Gasteiger partial charge on any atom is 0.253 e. The van der Waals surface area contributed by atoms with E-state index in [2.05, 4.69) is 0 Å². The lowest BCUT2D eigenvalue weighted by Crippen LogP contribution is -2.21. The fourth-order valence-electron chi connectivity index (χ4n) is 1.79. The van der Waals surface area contributed by atoms with Gasteiger partial charge in [-0.1, -0.05) is 6.07 Å². The summed E-state index contributed by atoms with van der Waals surface area (Å²) in [5.41, 5.74) is 7.28. The lowest BCUT2D eigenvalue weighted by Gasteiger charge is -2.13. The first kappa shape index (κ1) is 14.4. The molecule has 2 aromatic carbocycles. The molecular weight excluding hydrogens is 266 g/mol. The third kappa shape index (κ3) is 3.31. The molecule has 0 aliphatic rings. The molecule has 0 aliphatic heterocycles. The van der Waals surface area contributed by atoms with E-state index in [1.165, 1.54) is 4.90 Å². The summed E-state index contributed by atoms with van der Waals surface area (Å²) in [4.78, 5) is 13.3. The minimum absolute atomic E-state index is 0.125. The summed E-state index contributed by atoms with van der Waals surface area (Å²) in [6.45, 7) is 0. The van der Waals surface area contributed by atoms with E-state index in [9.17, 15) is 4.79 Å². The van der Waals surface area contributed by atoms with Gasteiger partial charge in [0.25, 0.3) is 5.91 Å². The number of nitrogens with two attached hydrogens (primary N) is 1. The molecule has 5 heteroatoms. The molecule has 0 unspecified atom stereocenters. The molecule has 2 rings (SSSR count). The van der Waals surface area contributed by atoms with Gasteiger partial charge >= 0.3 is 0 Å². The lowest BCUT2D eigenvalue weighted by molar-refractivity contribution is 0.0827. The van der Waals surface area contributed by atoms with Crippen molar-refractivity contribution in [2.75, 3.05) is 19.8 Å². The Bertz CT molecular complexity index is 718. The van der Waals surface area contributed by atoms with Crippen LogP contribution in [0.2, 0.25) is 0 Å². The molecule has 2 aromatic rings. The molecule has 0 bridgehead atoms. The number of ether oxygens (including phenoxy) is 1. The molecule has 0 aliphatic carbocycles. The number of amides is 1. The van der Waals surface area contributed by atoms with Crippen molar-refractivity contribution in [3.8, 4) is 17.6 Å². The Morgan fingerprint density at radius 3 is 2.62 bits per heavy atom. The first-order valence-corrected chi connectivity index (χ1v) is 6.30. The van der Waals surface area contributed by atoms with Gasteiger partial charge in [-0.25, -0.2) is 0 Å². The summed E-state index contributed by atoms with van der Waals surface area (Å²) in [5, 5.41) is 8.86. The number of rotatable bonds is 3. The van der Waals surface area contributed by atoms with Gasteiger partial charge in [-0.3, -0.25) is 4.79 Å². The average molecular weight is 281 g/mol. The molecule has 0 fully saturated rings. The number of anilines is 1. The number of benzene rings is 2. The molecule has 0 heterocycles. The van der Waals surface area contributed by atoms with Crippen LogP contribution in [0.4, 0.5) is 5.69 Å². The van der Waals surface area contributed by atoms with E-state index in [0.29, 0.717) is 28.3 Å². The monoisotopic (exact) mass is 281 g/mol. The van der Waals surface area contributed by atoms with Crippen molar-refractivity contribution in [2.24, 2.45) is 0 Å². The zero-order valence-electron chi connectivity index (χ0n) is 11.8. The summed E-state index contributed by atoms with van der Waals surface area (Å²) >= 11 is 0. The lowest BCUT2D eigenvalue weighted by atomic mass is 10.1. The van der Waals surface area contributed by atoms with Crippen LogP contribution in [0.1, 0.15) is 15.9 Å². The van der Waals surface area contributed by atoms with Crippen molar-refractivity contribution in [3.05, 3.63) is 53.6 Å². The van der Waals surface area contributed by atoms with Crippen LogP contribution in [0.3, 0.4) is 0 Å². The highest BCUT2D eigenvalue weighted by atomic mass is 16.5. The summed E-state index contributed by atoms with van der Waals surface area (Å²) < 4.78 is 5.65. The van der Waals surface area contributed by atoms with E-state index in [4.69, 9.17) is 15.7 Å². The summed E-state index contributed by atoms with van der Waals surface area (Å²) in [7, 11) is 3.35. The molecule has 0 saturated carbocycles. The first-order valence-electron chi connectivity index (χ1n) is 6.30. The van der Waals surface area contributed by atoms with Crippen LogP contribution >= 0.6 is 0 Å². The van der Waals surface area contributed by atoms with Crippen LogP contribution in [0.5, 0.6) is 11.5 Å². The molecule has 5 nitrogen and oxygen atoms in total. The molecule has 2 N–H and O–H groups in total. The largest absolute Gasteiger partial charge is 0.455 e. The number of hydrogen-bond acceptors (Lipinski definition) is 4. The Hall–Kier alpha value is -3.00. The van der Waals surface area contributed by atoms with Crippen molar-refractivity contribution in [3.63, 3.8) is 0 Å². The van der Waals surface area contributed by atoms with E-state index in [1.807, 2.05) is 6.07 Å². The molecule has 0 atom stereocenters. The molecule has 1 amide bonds. The third-order valence-electron chi connectivity index (χ3n) is 2.85. The number of nitrogens with zero attached hydrogens (tertiary/aromatic N) is 2. The molecule has 106 valence electrons. The summed E-state index contributed by atoms with van der Waals surface area (Å²) in [5.74, 6) is 0.840. The quantitative estimate of drug-likeness (QED) is 0.877. The van der Waals surface area contributed by atoms with E-state index in [1.54, 1.807) is 56.6 Å². The molecule has 0 saturated heterocycles. The second kappa shape index (κ2) is 5.97. The molecule has 21 heavy (non-hydrogen) atoms. The predicted molar refractivity (Wildman–Crippen MR) is 80.1 cm³/mol. The zero-order valence-corrected chi connectivity index (χ0v) is 11.8. The molecule has 0 spiro atoms. The number of carbonyl (C=O) groups is 1. The summed E-state index contributed by atoms with van der Waals surface area (Å²) in [6, 6.07) is 13.7. The van der Waals surface area contributed by atoms with Gasteiger partial charge in [0.05, 0.1) is 17.3 Å². The van der Waals surface area contributed by atoms with Gasteiger partial charge in [0.2, 0.25) is 0 Å². The molecule has 0 aromatic heterocycles. The van der Waals surface area contributed by atoms with Gasteiger partial charge in [0.15, 0.2) is 0 Å². The molecule has 0 radical (unpaired) electrons. The van der Waals surface area contributed by atoms with Crippen LogP contribution in [0, 0.1) is 11.3 Å². The van der Waals surface area contributed by atoms with Gasteiger partial charge in [-0.2, -0.15) is 5.26 Å². The SMILES string of the molecule is CN(C)C(=O)c1ccc(Oc2cccc(C#N)c2)c(N)c1. The maximum atomic E-state index is 11.8. The van der Waals surface area contributed by atoms with Crippen molar-refractivity contribution >= 4 is 11.6 Å². The highest BCUT2D eigenvalue weighted by Crippen LogP contribution is 2.28. The van der Waals surface area contributed by atoms with Crippen LogP contribution in [-0.4, -0.2) is 24.9 Å². The van der Waals surface area contributed by atoms with Crippen LogP contribution in [0.15, 0.2) is 42.5 Å². The number of hydrogen-bond donors (Lipinski definition) is 1. The Morgan fingerprint density at radius 2 is 2.00 bits per heavy atom. The minimum atomic E-state index is -0.125. The number of nitriles is 1. The normalized spacial score (nSPS) is 9.76. The van der Waals surface area contributed by atoms with E-state index in [-0.39, 0.29) is 5.91 Å². The summed E-state index contributed by atoms with van der Waals surface area (Å²) in [6.07, 6.45) is 0. The Labute approximate surface area is 123 Å². The van der Waals surface area contributed by atoms with E-state index < -0.39 is 0 Å². The predicted octanol–water partition coefficient (Wildman–Crippen LogP) is 2.63. The zero-order chi connectivity index (χ0) is 15.4. The molecular formula is C16H15N3O2. The third-order valence-corrected chi connectivity index (χ3v) is 2.85. The van der Waals surface area contributed by atoms with Crippen molar-refractivity contribution < 1.29 is 9.53 Å². The van der Waals surface area contributed by atoms with Gasteiger partial charge in [-0.15, -0.1) is 0 Å². The van der Waals surface area contributed by atoms with Crippen LogP contribution in [-0.2, 0) is 0 Å². The number of nitrogen functional groups attached to an aromatic ring is 1. The van der Waals surface area contributed by atoms with Crippen LogP contribution < -0.4 is 10.5 Å². The van der Waals surface area contributed by atoms with Gasteiger partial charge < -0.3 is 15.4 Å². The van der Waals surface area contributed by atoms with Gasteiger partial charge in [0.1, 0.15) is 11.5 Å². The van der Waals surface area contributed by atoms with Gasteiger partial charge in [0, 0.05) is 19.7 Å². The fraction of sp³-hybridized carbons (Fsp3) is 0.125. The van der Waals surface area contributed by atoms with Crippen LogP contribution in [0.25, 0.3) is 0 Å². The Kier molecular flexibility index (Phi) is 4.10. The second-order valence-corrected chi connectivity index (χ2v) is 4.69. The topological polar surface area (TPSA) is 79.3 Å². The fourth-order valence-corrected chi connectivity index (χ4v) is 1.79. The van der Waals surface area contributed by atoms with Crippen molar-refractivity contribution in [1.29, 1.82) is 5.26 Å². The highest BCUT2D eigenvalue weighted by Gasteiger charge is 2.11. The Balaban J connectivity index is 2.25. The first-order chi connectivity index (χ1) is 10.0. The standard InChI is InChI=1S/C16H15N3O2/c1-19(2)16(20)12-6-7-15(14(18)9-12)21-13-5-3-4-11(8-13)10-17/h3-9H,18H2,1-2H3. The van der Waals surface area contributed by atoms with Crippen molar-refractivity contribution in [2.45, 2.75) is 0 Å². The average Bonchev–Trinajstić information content (AvgIpc) is 2.48. The van der Waals surface area contributed by atoms with Gasteiger partial charge in [-0.05, 0) is 36.4 Å². The maximum absolute atomic E-state index is 11.8. The Morgan fingerprint density at radius 1 is 1.24 bits per heavy atom. The van der Waals surface area contributed by atoms with E-state index >= 15 is 0 Å². The minimum Gasteiger partial charge on any atom is -0.455 e. The highest BCUT2D eigenvalue weighted by molar-refractivity contribution is 5.95. The number of carbonyl (C=O) groups excluding carboxylic acids is 1. The van der Waals surface area contributed by atoms with Crippen molar-refractivity contribution in [1.82, 2.24) is 4.90 Å². The second-order valence-electron chi connectivity index (χ2n) is 4.69. The van der Waals surface area contributed by atoms with E-state index in [0.717, 1.165) is 0 Å².